The maximum Gasteiger partial charge on any atom is 0.330 e. The van der Waals surface area contributed by atoms with Crippen molar-refractivity contribution in [2.75, 3.05) is 11.9 Å². The van der Waals surface area contributed by atoms with Gasteiger partial charge in [0.05, 0.1) is 6.61 Å². The molecule has 0 spiro atoms. The highest BCUT2D eigenvalue weighted by atomic mass is 16.5. The van der Waals surface area contributed by atoms with Gasteiger partial charge in [0.2, 0.25) is 5.91 Å². The van der Waals surface area contributed by atoms with Crippen molar-refractivity contribution >= 4 is 23.6 Å². The molecule has 1 N–H and O–H groups in total. The first kappa shape index (κ1) is 14.0. The molecule has 0 aromatic heterocycles. The molecule has 4 heteroatoms. The molecule has 0 atom stereocenters. The molecule has 1 amide bonds. The summed E-state index contributed by atoms with van der Waals surface area (Å²) in [6, 6.07) is 7.22. The van der Waals surface area contributed by atoms with Gasteiger partial charge in [-0.15, -0.1) is 0 Å². The lowest BCUT2D eigenvalue weighted by atomic mass is 10.2. The number of benzene rings is 1. The zero-order valence-corrected chi connectivity index (χ0v) is 10.6. The molecule has 1 rings (SSSR count). The third-order valence-electron chi connectivity index (χ3n) is 2.21. The number of rotatable bonds is 5. The molecule has 0 fully saturated rings. The fourth-order valence-electron chi connectivity index (χ4n) is 1.28. The van der Waals surface area contributed by atoms with Crippen molar-refractivity contribution in [2.45, 2.75) is 20.3 Å². The lowest BCUT2D eigenvalue weighted by Gasteiger charge is -2.03. The molecular formula is C14H17NO3. The molecule has 0 aliphatic heterocycles. The van der Waals surface area contributed by atoms with Crippen LogP contribution in [0.1, 0.15) is 25.8 Å². The highest BCUT2D eigenvalue weighted by Gasteiger charge is 1.98. The second kappa shape index (κ2) is 7.27. The Morgan fingerprint density at radius 2 is 1.89 bits per heavy atom. The Balaban J connectivity index is 2.60. The van der Waals surface area contributed by atoms with E-state index < -0.39 is 0 Å². The van der Waals surface area contributed by atoms with Crippen molar-refractivity contribution < 1.29 is 14.3 Å². The normalized spacial score (nSPS) is 10.3. The van der Waals surface area contributed by atoms with Gasteiger partial charge >= 0.3 is 5.97 Å². The Labute approximate surface area is 107 Å². The molecule has 1 aromatic rings. The van der Waals surface area contributed by atoms with Crippen LogP contribution in [-0.2, 0) is 14.3 Å². The van der Waals surface area contributed by atoms with Crippen LogP contribution in [0.2, 0.25) is 0 Å². The number of carbonyl (C=O) groups is 2. The van der Waals surface area contributed by atoms with E-state index in [1.54, 1.807) is 32.1 Å². The molecule has 4 nitrogen and oxygen atoms in total. The average molecular weight is 247 g/mol. The Kier molecular flexibility index (Phi) is 5.64. The highest BCUT2D eigenvalue weighted by Crippen LogP contribution is 2.11. The van der Waals surface area contributed by atoms with E-state index in [0.717, 1.165) is 11.3 Å². The Bertz CT molecular complexity index is 435. The van der Waals surface area contributed by atoms with E-state index in [1.807, 2.05) is 12.1 Å². The van der Waals surface area contributed by atoms with Crippen LogP contribution >= 0.6 is 0 Å². The van der Waals surface area contributed by atoms with E-state index in [9.17, 15) is 9.59 Å². The standard InChI is InChI=1S/C14H17NO3/c1-3-13(16)15-12-8-5-11(6-9-12)7-10-14(17)18-4-2/h5-10H,3-4H2,1-2H3,(H,15,16)/b10-7-. The van der Waals surface area contributed by atoms with Gasteiger partial charge in [0.1, 0.15) is 0 Å². The number of amides is 1. The van der Waals surface area contributed by atoms with Gasteiger partial charge in [-0.25, -0.2) is 4.79 Å². The minimum absolute atomic E-state index is 0.0233. The summed E-state index contributed by atoms with van der Waals surface area (Å²) in [4.78, 5) is 22.3. The van der Waals surface area contributed by atoms with Crippen LogP contribution in [0.3, 0.4) is 0 Å². The van der Waals surface area contributed by atoms with Crippen LogP contribution in [-0.4, -0.2) is 18.5 Å². The van der Waals surface area contributed by atoms with Crippen LogP contribution < -0.4 is 5.32 Å². The lowest BCUT2D eigenvalue weighted by Crippen LogP contribution is -2.09. The van der Waals surface area contributed by atoms with Crippen LogP contribution in [0, 0.1) is 0 Å². The van der Waals surface area contributed by atoms with Gasteiger partial charge in [-0.1, -0.05) is 19.1 Å². The van der Waals surface area contributed by atoms with Crippen molar-refractivity contribution in [3.63, 3.8) is 0 Å². The van der Waals surface area contributed by atoms with E-state index >= 15 is 0 Å². The maximum absolute atomic E-state index is 11.2. The van der Waals surface area contributed by atoms with Crippen LogP contribution in [0.15, 0.2) is 30.3 Å². The van der Waals surface area contributed by atoms with E-state index in [4.69, 9.17) is 4.74 Å². The number of esters is 1. The zero-order valence-electron chi connectivity index (χ0n) is 10.6. The third kappa shape index (κ3) is 4.82. The molecule has 0 aliphatic rings. The predicted molar refractivity (Wildman–Crippen MR) is 71.0 cm³/mol. The summed E-state index contributed by atoms with van der Waals surface area (Å²) >= 11 is 0. The molecular weight excluding hydrogens is 230 g/mol. The smallest absolute Gasteiger partial charge is 0.330 e. The minimum Gasteiger partial charge on any atom is -0.463 e. The van der Waals surface area contributed by atoms with E-state index in [1.165, 1.54) is 6.08 Å². The van der Waals surface area contributed by atoms with Gasteiger partial charge in [0.15, 0.2) is 0 Å². The number of anilines is 1. The van der Waals surface area contributed by atoms with Gasteiger partial charge in [-0.2, -0.15) is 0 Å². The molecule has 0 saturated carbocycles. The molecule has 0 heterocycles. The second-order valence-corrected chi connectivity index (χ2v) is 3.61. The molecule has 1 aromatic carbocycles. The number of hydrogen-bond donors (Lipinski definition) is 1. The van der Waals surface area contributed by atoms with Gasteiger partial charge in [0.25, 0.3) is 0 Å². The summed E-state index contributed by atoms with van der Waals surface area (Å²) in [5.74, 6) is -0.384. The second-order valence-electron chi connectivity index (χ2n) is 3.61. The zero-order chi connectivity index (χ0) is 13.4. The number of hydrogen-bond acceptors (Lipinski definition) is 3. The van der Waals surface area contributed by atoms with Crippen LogP contribution in [0.5, 0.6) is 0 Å². The fourth-order valence-corrected chi connectivity index (χ4v) is 1.28. The maximum atomic E-state index is 11.2. The SMILES string of the molecule is CCOC(=O)/C=C\c1ccc(NC(=O)CC)cc1. The first-order valence-electron chi connectivity index (χ1n) is 5.90. The molecule has 0 aliphatic carbocycles. The number of ether oxygens (including phenoxy) is 1. The monoisotopic (exact) mass is 247 g/mol. The number of nitrogens with one attached hydrogen (secondary N) is 1. The van der Waals surface area contributed by atoms with Crippen molar-refractivity contribution in [1.82, 2.24) is 0 Å². The van der Waals surface area contributed by atoms with E-state index in [-0.39, 0.29) is 11.9 Å². The summed E-state index contributed by atoms with van der Waals surface area (Å²) in [5.41, 5.74) is 1.62. The van der Waals surface area contributed by atoms with Crippen LogP contribution in [0.4, 0.5) is 5.69 Å². The van der Waals surface area contributed by atoms with E-state index in [2.05, 4.69) is 5.32 Å². The fraction of sp³-hybridized carbons (Fsp3) is 0.286. The Hall–Kier alpha value is -2.10. The molecule has 96 valence electrons. The molecule has 18 heavy (non-hydrogen) atoms. The summed E-state index contributed by atoms with van der Waals surface area (Å²) < 4.78 is 4.77. The number of carbonyl (C=O) groups excluding carboxylic acids is 2. The van der Waals surface area contributed by atoms with Crippen LogP contribution in [0.25, 0.3) is 6.08 Å². The van der Waals surface area contributed by atoms with Gasteiger partial charge < -0.3 is 10.1 Å². The summed E-state index contributed by atoms with van der Waals surface area (Å²) in [6.45, 7) is 3.92. The van der Waals surface area contributed by atoms with Crippen molar-refractivity contribution in [2.24, 2.45) is 0 Å². The Morgan fingerprint density at radius 3 is 2.44 bits per heavy atom. The molecule has 0 bridgehead atoms. The van der Waals surface area contributed by atoms with Gasteiger partial charge in [-0.05, 0) is 30.7 Å². The van der Waals surface area contributed by atoms with E-state index in [0.29, 0.717) is 13.0 Å². The average Bonchev–Trinajstić information content (AvgIpc) is 2.38. The first-order chi connectivity index (χ1) is 8.65. The molecule has 0 radical (unpaired) electrons. The van der Waals surface area contributed by atoms with Crippen molar-refractivity contribution in [3.8, 4) is 0 Å². The summed E-state index contributed by atoms with van der Waals surface area (Å²) in [6.07, 6.45) is 3.50. The third-order valence-corrected chi connectivity index (χ3v) is 2.21. The quantitative estimate of drug-likeness (QED) is 0.642. The molecule has 0 unspecified atom stereocenters. The molecule has 0 saturated heterocycles. The van der Waals surface area contributed by atoms with Gasteiger partial charge in [0, 0.05) is 18.2 Å². The highest BCUT2D eigenvalue weighted by molar-refractivity contribution is 5.90. The lowest BCUT2D eigenvalue weighted by molar-refractivity contribution is -0.137. The summed E-state index contributed by atoms with van der Waals surface area (Å²) in [7, 11) is 0. The summed E-state index contributed by atoms with van der Waals surface area (Å²) in [5, 5.41) is 2.75. The van der Waals surface area contributed by atoms with Gasteiger partial charge in [-0.3, -0.25) is 4.79 Å². The topological polar surface area (TPSA) is 55.4 Å². The minimum atomic E-state index is -0.360. The van der Waals surface area contributed by atoms with Crippen molar-refractivity contribution in [3.05, 3.63) is 35.9 Å². The first-order valence-corrected chi connectivity index (χ1v) is 5.90. The Morgan fingerprint density at radius 1 is 1.22 bits per heavy atom. The predicted octanol–water partition coefficient (Wildman–Crippen LogP) is 2.61. The largest absolute Gasteiger partial charge is 0.463 e. The van der Waals surface area contributed by atoms with Crippen molar-refractivity contribution in [1.29, 1.82) is 0 Å².